The molecule has 0 fully saturated rings. The summed E-state index contributed by atoms with van der Waals surface area (Å²) in [4.78, 5) is 12.2. The van der Waals surface area contributed by atoms with Crippen LogP contribution in [0.3, 0.4) is 0 Å². The molecule has 2 aromatic carbocycles. The minimum atomic E-state index is -0.109. The second kappa shape index (κ2) is 10.3. The van der Waals surface area contributed by atoms with Crippen LogP contribution < -0.4 is 10.1 Å². The Balaban J connectivity index is 1.78. The maximum Gasteiger partial charge on any atom is 0.255 e. The predicted octanol–water partition coefficient (Wildman–Crippen LogP) is 5.89. The van der Waals surface area contributed by atoms with Crippen LogP contribution in [0.5, 0.6) is 5.75 Å². The van der Waals surface area contributed by atoms with E-state index in [1.807, 2.05) is 36.4 Å². The van der Waals surface area contributed by atoms with Gasteiger partial charge in [0.2, 0.25) is 0 Å². The number of carbonyl (C=O) groups excluding carboxylic acids is 1. The van der Waals surface area contributed by atoms with Crippen LogP contribution in [0.4, 0.5) is 5.69 Å². The Labute approximate surface area is 157 Å². The molecule has 4 heteroatoms. The summed E-state index contributed by atoms with van der Waals surface area (Å²) < 4.78 is 6.86. The Morgan fingerprint density at radius 2 is 1.62 bits per heavy atom. The van der Waals surface area contributed by atoms with Gasteiger partial charge in [0, 0.05) is 14.8 Å². The lowest BCUT2D eigenvalue weighted by Crippen LogP contribution is -2.11. The zero-order valence-electron chi connectivity index (χ0n) is 14.1. The molecule has 0 aliphatic rings. The Bertz CT molecular complexity index is 623. The van der Waals surface area contributed by atoms with Gasteiger partial charge in [-0.1, -0.05) is 32.6 Å². The van der Waals surface area contributed by atoms with Crippen LogP contribution in [0.1, 0.15) is 49.4 Å². The van der Waals surface area contributed by atoms with Gasteiger partial charge < -0.3 is 10.1 Å². The number of hydrogen-bond acceptors (Lipinski definition) is 2. The van der Waals surface area contributed by atoms with Gasteiger partial charge in [0.05, 0.1) is 6.61 Å². The normalized spacial score (nSPS) is 10.4. The van der Waals surface area contributed by atoms with Gasteiger partial charge in [0.1, 0.15) is 5.75 Å². The number of anilines is 1. The first-order chi connectivity index (χ1) is 11.7. The van der Waals surface area contributed by atoms with E-state index >= 15 is 0 Å². The monoisotopic (exact) mass is 437 g/mol. The number of ether oxygens (including phenoxy) is 1. The fraction of sp³-hybridized carbons (Fsp3) is 0.350. The van der Waals surface area contributed by atoms with Crippen molar-refractivity contribution in [2.24, 2.45) is 0 Å². The zero-order valence-corrected chi connectivity index (χ0v) is 16.2. The maximum absolute atomic E-state index is 12.2. The molecule has 0 aliphatic heterocycles. The van der Waals surface area contributed by atoms with E-state index in [1.54, 1.807) is 12.1 Å². The number of hydrogen-bond donors (Lipinski definition) is 1. The van der Waals surface area contributed by atoms with Crippen molar-refractivity contribution >= 4 is 34.2 Å². The Hall–Kier alpha value is -1.56. The van der Waals surface area contributed by atoms with Gasteiger partial charge in [0.25, 0.3) is 5.91 Å². The van der Waals surface area contributed by atoms with Crippen LogP contribution in [-0.4, -0.2) is 12.5 Å². The highest BCUT2D eigenvalue weighted by Gasteiger charge is 2.06. The van der Waals surface area contributed by atoms with Crippen molar-refractivity contribution in [3.05, 3.63) is 57.7 Å². The second-order valence-corrected chi connectivity index (χ2v) is 6.99. The summed E-state index contributed by atoms with van der Waals surface area (Å²) in [7, 11) is 0. The van der Waals surface area contributed by atoms with Crippen molar-refractivity contribution in [3.63, 3.8) is 0 Å². The number of benzene rings is 2. The Morgan fingerprint density at radius 1 is 0.958 bits per heavy atom. The first kappa shape index (κ1) is 18.8. The lowest BCUT2D eigenvalue weighted by Gasteiger charge is -2.08. The molecule has 2 rings (SSSR count). The van der Waals surface area contributed by atoms with Gasteiger partial charge in [-0.2, -0.15) is 0 Å². The number of halogens is 1. The van der Waals surface area contributed by atoms with Crippen molar-refractivity contribution in [3.8, 4) is 5.75 Å². The molecule has 0 heterocycles. The maximum atomic E-state index is 12.2. The van der Waals surface area contributed by atoms with Gasteiger partial charge in [-0.05, 0) is 77.5 Å². The largest absolute Gasteiger partial charge is 0.494 e. The molecule has 0 spiro atoms. The topological polar surface area (TPSA) is 38.3 Å². The van der Waals surface area contributed by atoms with Crippen molar-refractivity contribution < 1.29 is 9.53 Å². The number of amides is 1. The van der Waals surface area contributed by atoms with Gasteiger partial charge >= 0.3 is 0 Å². The summed E-state index contributed by atoms with van der Waals surface area (Å²) in [5.41, 5.74) is 1.43. The van der Waals surface area contributed by atoms with Gasteiger partial charge in [-0.3, -0.25) is 4.79 Å². The molecular formula is C20H24INO2. The molecule has 0 aliphatic carbocycles. The number of nitrogens with one attached hydrogen (secondary N) is 1. The Kier molecular flexibility index (Phi) is 8.08. The molecule has 2 aromatic rings. The molecular weight excluding hydrogens is 413 g/mol. The predicted molar refractivity (Wildman–Crippen MR) is 108 cm³/mol. The van der Waals surface area contributed by atoms with Crippen LogP contribution in [0.2, 0.25) is 0 Å². The first-order valence-electron chi connectivity index (χ1n) is 8.49. The zero-order chi connectivity index (χ0) is 17.2. The fourth-order valence-corrected chi connectivity index (χ4v) is 2.69. The molecule has 1 N–H and O–H groups in total. The molecule has 0 saturated carbocycles. The first-order valence-corrected chi connectivity index (χ1v) is 9.56. The average molecular weight is 437 g/mol. The van der Waals surface area contributed by atoms with Crippen molar-refractivity contribution in [1.29, 1.82) is 0 Å². The average Bonchev–Trinajstić information content (AvgIpc) is 2.60. The van der Waals surface area contributed by atoms with Gasteiger partial charge in [-0.15, -0.1) is 0 Å². The van der Waals surface area contributed by atoms with E-state index in [0.29, 0.717) is 5.56 Å². The van der Waals surface area contributed by atoms with Crippen LogP contribution in [0.15, 0.2) is 48.5 Å². The molecule has 1 amide bonds. The standard InChI is InChI=1S/C20H24INO2/c1-2-3-4-5-6-15-24-19-13-7-16(8-14-19)20(23)22-18-11-9-17(21)10-12-18/h7-14H,2-6,15H2,1H3,(H,22,23). The molecule has 128 valence electrons. The fourth-order valence-electron chi connectivity index (χ4n) is 2.33. The van der Waals surface area contributed by atoms with E-state index in [2.05, 4.69) is 34.8 Å². The smallest absolute Gasteiger partial charge is 0.255 e. The van der Waals surface area contributed by atoms with Gasteiger partial charge in [0.15, 0.2) is 0 Å². The summed E-state index contributed by atoms with van der Waals surface area (Å²) in [6, 6.07) is 15.0. The molecule has 0 aromatic heterocycles. The molecule has 0 unspecified atom stereocenters. The third kappa shape index (κ3) is 6.51. The van der Waals surface area contributed by atoms with Crippen LogP contribution in [0, 0.1) is 3.57 Å². The Morgan fingerprint density at radius 3 is 2.29 bits per heavy atom. The highest BCUT2D eigenvalue weighted by Crippen LogP contribution is 2.16. The summed E-state index contributed by atoms with van der Waals surface area (Å²) >= 11 is 2.24. The highest BCUT2D eigenvalue weighted by atomic mass is 127. The summed E-state index contributed by atoms with van der Waals surface area (Å²) in [6.45, 7) is 2.95. The molecule has 24 heavy (non-hydrogen) atoms. The van der Waals surface area contributed by atoms with E-state index in [1.165, 1.54) is 25.7 Å². The third-order valence-corrected chi connectivity index (χ3v) is 4.45. The quantitative estimate of drug-likeness (QED) is 0.392. The van der Waals surface area contributed by atoms with Crippen molar-refractivity contribution in [1.82, 2.24) is 0 Å². The SMILES string of the molecule is CCCCCCCOc1ccc(C(=O)Nc2ccc(I)cc2)cc1. The summed E-state index contributed by atoms with van der Waals surface area (Å²) in [5, 5.41) is 2.89. The molecule has 0 saturated heterocycles. The summed E-state index contributed by atoms with van der Waals surface area (Å²) in [6.07, 6.45) is 6.12. The molecule has 0 bridgehead atoms. The highest BCUT2D eigenvalue weighted by molar-refractivity contribution is 14.1. The third-order valence-electron chi connectivity index (χ3n) is 3.74. The molecule has 0 radical (unpaired) electrons. The minimum Gasteiger partial charge on any atom is -0.494 e. The van der Waals surface area contributed by atoms with Crippen molar-refractivity contribution in [2.45, 2.75) is 39.0 Å². The van der Waals surface area contributed by atoms with Crippen molar-refractivity contribution in [2.75, 3.05) is 11.9 Å². The van der Waals surface area contributed by atoms with Crippen LogP contribution in [0.25, 0.3) is 0 Å². The van der Waals surface area contributed by atoms with E-state index in [9.17, 15) is 4.79 Å². The molecule has 3 nitrogen and oxygen atoms in total. The minimum absolute atomic E-state index is 0.109. The number of carbonyl (C=O) groups is 1. The second-order valence-electron chi connectivity index (χ2n) is 5.75. The van der Waals surface area contributed by atoms with E-state index in [-0.39, 0.29) is 5.91 Å². The van der Waals surface area contributed by atoms with E-state index in [4.69, 9.17) is 4.74 Å². The van der Waals surface area contributed by atoms with Gasteiger partial charge in [-0.25, -0.2) is 0 Å². The van der Waals surface area contributed by atoms with Crippen LogP contribution >= 0.6 is 22.6 Å². The summed E-state index contributed by atoms with van der Waals surface area (Å²) in [5.74, 6) is 0.707. The lowest BCUT2D eigenvalue weighted by molar-refractivity contribution is 0.102. The number of rotatable bonds is 9. The van der Waals surface area contributed by atoms with Crippen LogP contribution in [-0.2, 0) is 0 Å². The van der Waals surface area contributed by atoms with E-state index < -0.39 is 0 Å². The molecule has 0 atom stereocenters. The van der Waals surface area contributed by atoms with E-state index in [0.717, 1.165) is 28.0 Å². The number of unbranched alkanes of at least 4 members (excludes halogenated alkanes) is 4. The lowest BCUT2D eigenvalue weighted by atomic mass is 10.1.